The molecule has 0 spiro atoms. The van der Waals surface area contributed by atoms with E-state index >= 15 is 0 Å². The summed E-state index contributed by atoms with van der Waals surface area (Å²) >= 11 is 0. The smallest absolute Gasteiger partial charge is 0.225 e. The third kappa shape index (κ3) is 3.27. The lowest BCUT2D eigenvalue weighted by Gasteiger charge is -2.15. The maximum atomic E-state index is 10.3. The van der Waals surface area contributed by atoms with Gasteiger partial charge in [-0.15, -0.1) is 0 Å². The van der Waals surface area contributed by atoms with E-state index in [2.05, 4.69) is 32.0 Å². The number of aliphatic hydroxyl groups is 1. The van der Waals surface area contributed by atoms with E-state index in [1.54, 1.807) is 0 Å². The van der Waals surface area contributed by atoms with Gasteiger partial charge in [-0.05, 0) is 31.4 Å². The second-order valence-electron chi connectivity index (χ2n) is 6.12. The summed E-state index contributed by atoms with van der Waals surface area (Å²) in [5.41, 5.74) is 3.21. The quantitative estimate of drug-likeness (QED) is 0.875. The van der Waals surface area contributed by atoms with E-state index in [-0.39, 0.29) is 12.0 Å². The zero-order valence-electron chi connectivity index (χ0n) is 13.2. The summed E-state index contributed by atoms with van der Waals surface area (Å²) in [7, 11) is 0. The monoisotopic (exact) mass is 301 g/mol. The Labute approximate surface area is 130 Å². The Balaban J connectivity index is 1.64. The number of nitrogens with zero attached hydrogens (tertiary/aromatic N) is 4. The molecule has 22 heavy (non-hydrogen) atoms. The molecule has 118 valence electrons. The minimum atomic E-state index is -0.365. The molecular weight excluding hydrogens is 278 g/mol. The van der Waals surface area contributed by atoms with Crippen molar-refractivity contribution in [3.05, 3.63) is 35.4 Å². The van der Waals surface area contributed by atoms with Crippen LogP contribution in [0.4, 0.5) is 5.95 Å². The molecule has 1 fully saturated rings. The number of β-amino-alcohol motifs (C(OH)–C–C–N with tert-alkyl or cyclic N) is 1. The molecule has 1 aliphatic rings. The predicted octanol–water partition coefficient (Wildman–Crippen LogP) is 1.50. The first kappa shape index (κ1) is 15.0. The normalized spacial score (nSPS) is 21.5. The largest absolute Gasteiger partial charge is 0.391 e. The number of aromatic amines is 1. The van der Waals surface area contributed by atoms with Crippen LogP contribution in [0.2, 0.25) is 0 Å². The molecule has 2 aromatic rings. The summed E-state index contributed by atoms with van der Waals surface area (Å²) in [6.45, 7) is 5.48. The second kappa shape index (κ2) is 6.44. The van der Waals surface area contributed by atoms with Gasteiger partial charge in [0.2, 0.25) is 5.95 Å². The van der Waals surface area contributed by atoms with E-state index in [1.807, 2.05) is 25.4 Å². The third-order valence-corrected chi connectivity index (χ3v) is 4.15. The lowest BCUT2D eigenvalue weighted by molar-refractivity contribution is 0.148. The average molecular weight is 301 g/mol. The molecule has 2 N–H and O–H groups in total. The Hall–Kier alpha value is -1.95. The Bertz CT molecular complexity index is 609. The van der Waals surface area contributed by atoms with Crippen LogP contribution < -0.4 is 4.90 Å². The summed E-state index contributed by atoms with van der Waals surface area (Å²) < 4.78 is 0. The van der Waals surface area contributed by atoms with Gasteiger partial charge in [0.15, 0.2) is 0 Å². The van der Waals surface area contributed by atoms with Crippen LogP contribution in [0.25, 0.3) is 0 Å². The zero-order valence-corrected chi connectivity index (χ0v) is 13.2. The lowest BCUT2D eigenvalue weighted by atomic mass is 10.0. The number of anilines is 1. The van der Waals surface area contributed by atoms with Gasteiger partial charge in [0.05, 0.1) is 11.8 Å². The van der Waals surface area contributed by atoms with Crippen molar-refractivity contribution in [1.29, 1.82) is 0 Å². The third-order valence-electron chi connectivity index (χ3n) is 4.15. The molecule has 2 aromatic heterocycles. The molecule has 0 radical (unpaired) electrons. The highest BCUT2D eigenvalue weighted by molar-refractivity contribution is 5.33. The predicted molar refractivity (Wildman–Crippen MR) is 84.8 cm³/mol. The van der Waals surface area contributed by atoms with Crippen LogP contribution in [0.1, 0.15) is 30.3 Å². The van der Waals surface area contributed by atoms with Crippen LogP contribution in [0.15, 0.2) is 18.5 Å². The number of hydrogen-bond acceptors (Lipinski definition) is 5. The Morgan fingerprint density at radius 3 is 2.73 bits per heavy atom. The van der Waals surface area contributed by atoms with Gasteiger partial charge < -0.3 is 10.0 Å². The number of nitrogens with one attached hydrogen (secondary N) is 1. The first-order valence-corrected chi connectivity index (χ1v) is 7.90. The molecule has 2 atom stereocenters. The number of aromatic nitrogens is 4. The number of rotatable bonds is 5. The fraction of sp³-hybridized carbons (Fsp3) is 0.562. The summed E-state index contributed by atoms with van der Waals surface area (Å²) in [4.78, 5) is 10.9. The highest BCUT2D eigenvalue weighted by Crippen LogP contribution is 2.24. The molecule has 0 aliphatic carbocycles. The average Bonchev–Trinajstić information content (AvgIpc) is 3.07. The molecule has 3 rings (SSSR count). The van der Waals surface area contributed by atoms with E-state index in [4.69, 9.17) is 0 Å². The van der Waals surface area contributed by atoms with Gasteiger partial charge in [-0.3, -0.25) is 5.10 Å². The van der Waals surface area contributed by atoms with Gasteiger partial charge in [-0.25, -0.2) is 9.97 Å². The molecule has 0 unspecified atom stereocenters. The number of H-pyrrole nitrogens is 1. The summed E-state index contributed by atoms with van der Waals surface area (Å²) in [5.74, 6) is 0.876. The van der Waals surface area contributed by atoms with Crippen LogP contribution in [0.3, 0.4) is 0 Å². The van der Waals surface area contributed by atoms with Crippen molar-refractivity contribution in [2.45, 2.75) is 39.2 Å². The molecule has 6 heteroatoms. The number of hydrogen-bond donors (Lipinski definition) is 2. The van der Waals surface area contributed by atoms with Crippen LogP contribution in [0.5, 0.6) is 0 Å². The Kier molecular flexibility index (Phi) is 4.38. The van der Waals surface area contributed by atoms with Gasteiger partial charge in [0.1, 0.15) is 0 Å². The zero-order chi connectivity index (χ0) is 15.5. The van der Waals surface area contributed by atoms with Crippen LogP contribution in [-0.2, 0) is 12.8 Å². The molecule has 0 amide bonds. The van der Waals surface area contributed by atoms with Crippen molar-refractivity contribution in [2.24, 2.45) is 5.92 Å². The highest BCUT2D eigenvalue weighted by atomic mass is 16.3. The van der Waals surface area contributed by atoms with Crippen molar-refractivity contribution >= 4 is 5.95 Å². The van der Waals surface area contributed by atoms with Gasteiger partial charge in [0, 0.05) is 37.1 Å². The second-order valence-corrected chi connectivity index (χ2v) is 6.12. The molecule has 1 saturated heterocycles. The molecule has 6 nitrogen and oxygen atoms in total. The fourth-order valence-corrected chi connectivity index (χ4v) is 2.99. The summed E-state index contributed by atoms with van der Waals surface area (Å²) in [5, 5.41) is 17.5. The van der Waals surface area contributed by atoms with E-state index in [0.717, 1.165) is 42.8 Å². The minimum Gasteiger partial charge on any atom is -0.391 e. The molecule has 0 bridgehead atoms. The van der Waals surface area contributed by atoms with E-state index in [0.29, 0.717) is 12.5 Å². The summed E-state index contributed by atoms with van der Waals surface area (Å²) in [6, 6.07) is 2.03. The van der Waals surface area contributed by atoms with Gasteiger partial charge in [-0.1, -0.05) is 13.3 Å². The molecule has 1 aliphatic heterocycles. The van der Waals surface area contributed by atoms with E-state index in [9.17, 15) is 5.11 Å². The van der Waals surface area contributed by atoms with Crippen LogP contribution in [-0.4, -0.2) is 44.5 Å². The van der Waals surface area contributed by atoms with Crippen molar-refractivity contribution in [3.63, 3.8) is 0 Å². The lowest BCUT2D eigenvalue weighted by Crippen LogP contribution is -2.23. The molecule has 0 saturated carbocycles. The topological polar surface area (TPSA) is 77.9 Å². The maximum Gasteiger partial charge on any atom is 0.225 e. The first-order chi connectivity index (χ1) is 10.7. The van der Waals surface area contributed by atoms with E-state index < -0.39 is 0 Å². The molecular formula is C16H23N5O. The number of aliphatic hydroxyl groups excluding tert-OH is 1. The standard InChI is InChI=1S/C16H23N5O/c1-3-4-12-7-17-16(18-8-12)21-9-13(15(22)10-21)6-14-5-11(2)19-20-14/h5,7-8,13,15,22H,3-4,6,9-10H2,1-2H3,(H,19,20)/t13-,15+/m1/s1. The fourth-order valence-electron chi connectivity index (χ4n) is 2.99. The van der Waals surface area contributed by atoms with Crippen molar-refractivity contribution < 1.29 is 5.11 Å². The Morgan fingerprint density at radius 1 is 1.32 bits per heavy atom. The van der Waals surface area contributed by atoms with Gasteiger partial charge >= 0.3 is 0 Å². The number of aryl methyl sites for hydroxylation is 2. The Morgan fingerprint density at radius 2 is 2.09 bits per heavy atom. The molecule has 0 aromatic carbocycles. The van der Waals surface area contributed by atoms with Crippen molar-refractivity contribution in [1.82, 2.24) is 20.2 Å². The summed E-state index contributed by atoms with van der Waals surface area (Å²) in [6.07, 6.45) is 6.29. The van der Waals surface area contributed by atoms with Crippen molar-refractivity contribution in [3.8, 4) is 0 Å². The van der Waals surface area contributed by atoms with Crippen LogP contribution in [0, 0.1) is 12.8 Å². The molecule has 3 heterocycles. The maximum absolute atomic E-state index is 10.3. The van der Waals surface area contributed by atoms with Crippen LogP contribution >= 0.6 is 0 Å². The highest BCUT2D eigenvalue weighted by Gasteiger charge is 2.33. The van der Waals surface area contributed by atoms with Crippen molar-refractivity contribution in [2.75, 3.05) is 18.0 Å². The SMILES string of the molecule is CCCc1cnc(N2C[C@@H](Cc3cc(C)[nH]n3)[C@@H](O)C2)nc1. The van der Waals surface area contributed by atoms with Gasteiger partial charge in [-0.2, -0.15) is 5.10 Å². The first-order valence-electron chi connectivity index (χ1n) is 7.90. The van der Waals surface area contributed by atoms with E-state index in [1.165, 1.54) is 0 Å². The van der Waals surface area contributed by atoms with Gasteiger partial charge in [0.25, 0.3) is 0 Å². The minimum absolute atomic E-state index is 0.168.